The third-order valence-corrected chi connectivity index (χ3v) is 3.69. The lowest BCUT2D eigenvalue weighted by atomic mass is 9.94. The zero-order valence-electron chi connectivity index (χ0n) is 11.1. The van der Waals surface area contributed by atoms with Crippen LogP contribution in [0.4, 0.5) is 10.2 Å². The van der Waals surface area contributed by atoms with E-state index in [0.717, 1.165) is 6.33 Å². The lowest BCUT2D eigenvalue weighted by Crippen LogP contribution is -2.37. The number of aliphatic hydroxyl groups excluding tert-OH is 2. The summed E-state index contributed by atoms with van der Waals surface area (Å²) in [6, 6.07) is 4.56. The van der Waals surface area contributed by atoms with Gasteiger partial charge in [-0.3, -0.25) is 10.7 Å². The molecular formula is C12H12FN5O4. The third kappa shape index (κ3) is 1.77. The van der Waals surface area contributed by atoms with Crippen molar-refractivity contribution in [3.05, 3.63) is 24.2 Å². The Morgan fingerprint density at radius 2 is 2.32 bits per heavy atom. The van der Waals surface area contributed by atoms with Crippen LogP contribution in [0.5, 0.6) is 0 Å². The molecule has 0 aromatic carbocycles. The van der Waals surface area contributed by atoms with E-state index in [1.165, 1.54) is 16.6 Å². The molecular weight excluding hydrogens is 297 g/mol. The van der Waals surface area contributed by atoms with Gasteiger partial charge in [-0.05, 0) is 12.1 Å². The van der Waals surface area contributed by atoms with Gasteiger partial charge >= 0.3 is 0 Å². The highest BCUT2D eigenvalue weighted by molar-refractivity contribution is 5.67. The van der Waals surface area contributed by atoms with Crippen molar-refractivity contribution in [2.24, 2.45) is 0 Å². The molecule has 0 saturated carbocycles. The molecule has 1 aliphatic rings. The van der Waals surface area contributed by atoms with Crippen LogP contribution in [0, 0.1) is 11.3 Å². The van der Waals surface area contributed by atoms with Crippen molar-refractivity contribution in [1.29, 1.82) is 5.26 Å². The van der Waals surface area contributed by atoms with Gasteiger partial charge in [-0.25, -0.2) is 13.9 Å². The van der Waals surface area contributed by atoms with E-state index in [1.54, 1.807) is 6.07 Å². The highest BCUT2D eigenvalue weighted by Crippen LogP contribution is 2.42. The van der Waals surface area contributed by atoms with Gasteiger partial charge in [0.15, 0.2) is 12.0 Å². The Morgan fingerprint density at radius 1 is 1.55 bits per heavy atom. The predicted molar refractivity (Wildman–Crippen MR) is 68.5 cm³/mol. The number of aromatic nitrogens is 3. The lowest BCUT2D eigenvalue weighted by molar-refractivity contribution is -0.0566. The smallest absolute Gasteiger partial charge is 0.231 e. The molecule has 0 amide bonds. The number of nitrogens with zero attached hydrogens (tertiary/aromatic N) is 4. The van der Waals surface area contributed by atoms with Gasteiger partial charge in [0.25, 0.3) is 0 Å². The molecule has 0 aliphatic carbocycles. The lowest BCUT2D eigenvalue weighted by Gasteiger charge is -2.22. The Morgan fingerprint density at radius 3 is 2.91 bits per heavy atom. The SMILES string of the molecule is N#C[C@@]1(c2ccc3c(NO)ncnn23)O[C@H](CO)[C@@H](O)[C@H]1F. The molecule has 0 unspecified atom stereocenters. The van der Waals surface area contributed by atoms with E-state index >= 15 is 0 Å². The maximum absolute atomic E-state index is 14.5. The molecule has 4 N–H and O–H groups in total. The van der Waals surface area contributed by atoms with Crippen LogP contribution in [0.15, 0.2) is 18.5 Å². The van der Waals surface area contributed by atoms with Gasteiger partial charge in [0.1, 0.15) is 30.1 Å². The monoisotopic (exact) mass is 309 g/mol. The summed E-state index contributed by atoms with van der Waals surface area (Å²) in [5, 5.41) is 41.3. The first-order chi connectivity index (χ1) is 10.6. The maximum Gasteiger partial charge on any atom is 0.231 e. The highest BCUT2D eigenvalue weighted by Gasteiger charge is 2.58. The zero-order valence-corrected chi connectivity index (χ0v) is 11.1. The number of aliphatic hydroxyl groups is 2. The van der Waals surface area contributed by atoms with Crippen LogP contribution in [0.3, 0.4) is 0 Å². The Labute approximate surface area is 123 Å². The second-order valence-corrected chi connectivity index (χ2v) is 4.81. The van der Waals surface area contributed by atoms with Crippen LogP contribution in [-0.4, -0.2) is 55.0 Å². The van der Waals surface area contributed by atoms with Gasteiger partial charge in [-0.2, -0.15) is 10.4 Å². The molecule has 0 radical (unpaired) electrons. The van der Waals surface area contributed by atoms with Crippen LogP contribution in [0.1, 0.15) is 5.69 Å². The van der Waals surface area contributed by atoms with Crippen molar-refractivity contribution in [2.75, 3.05) is 12.1 Å². The molecule has 1 aliphatic heterocycles. The number of ether oxygens (including phenoxy) is 1. The molecule has 4 atom stereocenters. The van der Waals surface area contributed by atoms with Crippen molar-refractivity contribution < 1.29 is 24.5 Å². The minimum Gasteiger partial charge on any atom is -0.394 e. The number of fused-ring (bicyclic) bond motifs is 1. The van der Waals surface area contributed by atoms with E-state index < -0.39 is 30.6 Å². The molecule has 116 valence electrons. The normalized spacial score (nSPS) is 31.3. The first-order valence-electron chi connectivity index (χ1n) is 6.34. The Hall–Kier alpha value is -2.32. The van der Waals surface area contributed by atoms with Gasteiger partial charge in [0.2, 0.25) is 5.60 Å². The second kappa shape index (κ2) is 5.15. The Balaban J connectivity index is 2.19. The quantitative estimate of drug-likeness (QED) is 0.549. The molecule has 1 fully saturated rings. The van der Waals surface area contributed by atoms with Gasteiger partial charge in [0, 0.05) is 0 Å². The number of nitrogens with one attached hydrogen (secondary N) is 1. The maximum atomic E-state index is 14.5. The van der Waals surface area contributed by atoms with Crippen molar-refractivity contribution >= 4 is 11.3 Å². The fourth-order valence-corrected chi connectivity index (χ4v) is 2.60. The minimum atomic E-state index is -2.12. The predicted octanol–water partition coefficient (Wildman–Crippen LogP) is -0.661. The summed E-state index contributed by atoms with van der Waals surface area (Å²) in [5.74, 6) is 0.0574. The van der Waals surface area contributed by atoms with Gasteiger partial charge < -0.3 is 14.9 Å². The summed E-state index contributed by atoms with van der Waals surface area (Å²) >= 11 is 0. The van der Waals surface area contributed by atoms with E-state index in [1.807, 2.05) is 5.48 Å². The standard InChI is InChI=1S/C12H12FN5O4/c13-10-9(20)7(3-19)22-12(10,4-14)8-2-1-6-11(17-21)15-5-16-18(6)8/h1-2,5,7,9-10,19-21H,3H2,(H,15,16,17)/t7-,9-,10-,12+/m1/s1. The third-order valence-electron chi connectivity index (χ3n) is 3.69. The highest BCUT2D eigenvalue weighted by atomic mass is 19.1. The molecule has 3 heterocycles. The largest absolute Gasteiger partial charge is 0.394 e. The molecule has 2 aromatic rings. The number of nitriles is 1. The van der Waals surface area contributed by atoms with E-state index in [-0.39, 0.29) is 17.0 Å². The van der Waals surface area contributed by atoms with E-state index in [4.69, 9.17) is 15.1 Å². The summed E-state index contributed by atoms with van der Waals surface area (Å²) in [7, 11) is 0. The molecule has 9 nitrogen and oxygen atoms in total. The van der Waals surface area contributed by atoms with E-state index in [2.05, 4.69) is 10.1 Å². The molecule has 10 heteroatoms. The topological polar surface area (TPSA) is 136 Å². The van der Waals surface area contributed by atoms with Crippen molar-refractivity contribution in [1.82, 2.24) is 14.6 Å². The molecule has 2 aromatic heterocycles. The molecule has 22 heavy (non-hydrogen) atoms. The zero-order chi connectivity index (χ0) is 15.9. The number of alkyl halides is 1. The summed E-state index contributed by atoms with van der Waals surface area (Å²) in [6.07, 6.45) is -3.85. The average Bonchev–Trinajstić information content (AvgIpc) is 3.09. The van der Waals surface area contributed by atoms with E-state index in [0.29, 0.717) is 0 Å². The van der Waals surface area contributed by atoms with Crippen molar-refractivity contribution in [2.45, 2.75) is 24.0 Å². The second-order valence-electron chi connectivity index (χ2n) is 4.81. The van der Waals surface area contributed by atoms with Crippen LogP contribution >= 0.6 is 0 Å². The Kier molecular flexibility index (Phi) is 3.42. The molecule has 0 bridgehead atoms. The Bertz CT molecular complexity index is 747. The molecule has 0 spiro atoms. The van der Waals surface area contributed by atoms with Crippen molar-refractivity contribution in [3.63, 3.8) is 0 Å². The average molecular weight is 309 g/mol. The van der Waals surface area contributed by atoms with Gasteiger partial charge in [0.05, 0.1) is 12.3 Å². The summed E-state index contributed by atoms with van der Waals surface area (Å²) < 4.78 is 21.0. The van der Waals surface area contributed by atoms with Crippen LogP contribution in [0.2, 0.25) is 0 Å². The summed E-state index contributed by atoms with van der Waals surface area (Å²) in [6.45, 7) is -0.632. The first-order valence-corrected chi connectivity index (χ1v) is 6.34. The number of halogens is 1. The number of rotatable bonds is 3. The fourth-order valence-electron chi connectivity index (χ4n) is 2.60. The van der Waals surface area contributed by atoms with Gasteiger partial charge in [-0.15, -0.1) is 0 Å². The van der Waals surface area contributed by atoms with Gasteiger partial charge in [-0.1, -0.05) is 0 Å². The fraction of sp³-hybridized carbons (Fsp3) is 0.417. The van der Waals surface area contributed by atoms with Crippen LogP contribution < -0.4 is 5.48 Å². The van der Waals surface area contributed by atoms with Crippen LogP contribution in [-0.2, 0) is 10.3 Å². The summed E-state index contributed by atoms with van der Waals surface area (Å²) in [4.78, 5) is 3.78. The number of hydrogen-bond donors (Lipinski definition) is 4. The molecule has 1 saturated heterocycles. The number of hydrogen-bond acceptors (Lipinski definition) is 8. The molecule has 3 rings (SSSR count). The van der Waals surface area contributed by atoms with Crippen LogP contribution in [0.25, 0.3) is 5.52 Å². The van der Waals surface area contributed by atoms with Crippen molar-refractivity contribution in [3.8, 4) is 6.07 Å². The first kappa shape index (κ1) is 14.6. The minimum absolute atomic E-state index is 0.0198. The van der Waals surface area contributed by atoms with E-state index in [9.17, 15) is 14.8 Å². The summed E-state index contributed by atoms with van der Waals surface area (Å²) in [5.41, 5.74) is 0.0453. The number of anilines is 1.